The number of thiophene rings is 1. The largest absolute Gasteiger partial charge is 0.149 e. The zero-order valence-electron chi connectivity index (χ0n) is 4.63. The molecule has 1 aromatic rings. The van der Waals surface area contributed by atoms with Crippen molar-refractivity contribution in [1.82, 2.24) is 0 Å². The molecular weight excluding hydrogens is 116 g/mol. The summed E-state index contributed by atoms with van der Waals surface area (Å²) in [6, 6.07) is 4.38. The second-order valence-electron chi connectivity index (χ2n) is 2.29. The van der Waals surface area contributed by atoms with Crippen LogP contribution in [0.4, 0.5) is 0 Å². The molecule has 1 heterocycles. The second-order valence-corrected chi connectivity index (χ2v) is 3.27. The molecule has 0 radical (unpaired) electrons. The smallest absolute Gasteiger partial charge is 0.00761 e. The molecular formula is C7H8S. The lowest BCUT2D eigenvalue weighted by molar-refractivity contribution is 1.18. The highest BCUT2D eigenvalue weighted by Gasteiger charge is 2.23. The summed E-state index contributed by atoms with van der Waals surface area (Å²) in [5.41, 5.74) is 0. The molecule has 1 fully saturated rings. The number of hydrogen-bond acceptors (Lipinski definition) is 1. The van der Waals surface area contributed by atoms with Gasteiger partial charge in [-0.15, -0.1) is 11.3 Å². The van der Waals surface area contributed by atoms with Crippen molar-refractivity contribution in [2.75, 3.05) is 0 Å². The van der Waals surface area contributed by atoms with Gasteiger partial charge in [-0.3, -0.25) is 0 Å². The summed E-state index contributed by atoms with van der Waals surface area (Å²) >= 11 is 1.89. The van der Waals surface area contributed by atoms with Crippen LogP contribution in [0, 0.1) is 0 Å². The zero-order valence-corrected chi connectivity index (χ0v) is 5.45. The molecule has 1 saturated carbocycles. The molecule has 0 unspecified atom stereocenters. The van der Waals surface area contributed by atoms with E-state index in [2.05, 4.69) is 17.5 Å². The van der Waals surface area contributed by atoms with E-state index < -0.39 is 0 Å². The van der Waals surface area contributed by atoms with Crippen molar-refractivity contribution in [2.24, 2.45) is 0 Å². The summed E-state index contributed by atoms with van der Waals surface area (Å²) in [7, 11) is 0. The Kier molecular flexibility index (Phi) is 0.908. The normalized spacial score (nSPS) is 19.0. The lowest BCUT2D eigenvalue weighted by Crippen LogP contribution is -1.62. The third kappa shape index (κ3) is 0.671. The Morgan fingerprint density at radius 3 is 2.88 bits per heavy atom. The molecule has 0 aliphatic heterocycles. The maximum Gasteiger partial charge on any atom is 0.00761 e. The van der Waals surface area contributed by atoms with Gasteiger partial charge in [0.1, 0.15) is 0 Å². The van der Waals surface area contributed by atoms with E-state index in [0.29, 0.717) is 0 Å². The summed E-state index contributed by atoms with van der Waals surface area (Å²) in [5, 5.41) is 2.16. The average molecular weight is 124 g/mol. The SMILES string of the molecule is c1csc(C2CC2)c1. The average Bonchev–Trinajstić information content (AvgIpc) is 2.49. The first kappa shape index (κ1) is 4.57. The maximum absolute atomic E-state index is 2.24. The van der Waals surface area contributed by atoms with Crippen LogP contribution < -0.4 is 0 Å². The van der Waals surface area contributed by atoms with Crippen molar-refractivity contribution >= 4 is 11.3 Å². The van der Waals surface area contributed by atoms with Gasteiger partial charge in [0.05, 0.1) is 0 Å². The van der Waals surface area contributed by atoms with Crippen molar-refractivity contribution in [3.8, 4) is 0 Å². The molecule has 1 heteroatoms. The van der Waals surface area contributed by atoms with Gasteiger partial charge in [-0.25, -0.2) is 0 Å². The van der Waals surface area contributed by atoms with Crippen molar-refractivity contribution in [3.05, 3.63) is 22.4 Å². The first-order valence-corrected chi connectivity index (χ1v) is 3.88. The molecule has 0 aromatic carbocycles. The summed E-state index contributed by atoms with van der Waals surface area (Å²) in [4.78, 5) is 1.59. The van der Waals surface area contributed by atoms with E-state index in [-0.39, 0.29) is 0 Å². The van der Waals surface area contributed by atoms with E-state index in [9.17, 15) is 0 Å². The van der Waals surface area contributed by atoms with Crippen LogP contribution in [-0.4, -0.2) is 0 Å². The fourth-order valence-corrected chi connectivity index (χ4v) is 1.79. The van der Waals surface area contributed by atoms with Crippen LogP contribution in [0.3, 0.4) is 0 Å². The minimum atomic E-state index is 0.954. The van der Waals surface area contributed by atoms with Gasteiger partial charge in [-0.2, -0.15) is 0 Å². The van der Waals surface area contributed by atoms with E-state index in [4.69, 9.17) is 0 Å². The molecule has 42 valence electrons. The van der Waals surface area contributed by atoms with Gasteiger partial charge in [0, 0.05) is 4.88 Å². The first-order chi connectivity index (χ1) is 3.97. The lowest BCUT2D eigenvalue weighted by Gasteiger charge is -1.82. The Morgan fingerprint density at radius 2 is 2.38 bits per heavy atom. The Labute approximate surface area is 53.2 Å². The van der Waals surface area contributed by atoms with Crippen LogP contribution in [0.25, 0.3) is 0 Å². The Hall–Kier alpha value is -0.300. The zero-order chi connectivity index (χ0) is 5.40. The molecule has 0 spiro atoms. The Bertz CT molecular complexity index is 161. The van der Waals surface area contributed by atoms with Gasteiger partial charge in [0.2, 0.25) is 0 Å². The molecule has 0 atom stereocenters. The van der Waals surface area contributed by atoms with Gasteiger partial charge < -0.3 is 0 Å². The molecule has 2 rings (SSSR count). The van der Waals surface area contributed by atoms with Crippen molar-refractivity contribution in [2.45, 2.75) is 18.8 Å². The third-order valence-corrected chi connectivity index (χ3v) is 2.56. The van der Waals surface area contributed by atoms with Crippen molar-refractivity contribution < 1.29 is 0 Å². The van der Waals surface area contributed by atoms with Crippen LogP contribution in [0.1, 0.15) is 23.6 Å². The summed E-state index contributed by atoms with van der Waals surface area (Å²) in [5.74, 6) is 0.954. The van der Waals surface area contributed by atoms with Gasteiger partial charge in [-0.05, 0) is 30.2 Å². The van der Waals surface area contributed by atoms with Crippen molar-refractivity contribution in [3.63, 3.8) is 0 Å². The molecule has 0 amide bonds. The van der Waals surface area contributed by atoms with E-state index in [1.807, 2.05) is 11.3 Å². The Morgan fingerprint density at radius 1 is 1.50 bits per heavy atom. The minimum absolute atomic E-state index is 0.954. The van der Waals surface area contributed by atoms with Gasteiger partial charge >= 0.3 is 0 Å². The van der Waals surface area contributed by atoms with Gasteiger partial charge in [0.25, 0.3) is 0 Å². The standard InChI is InChI=1S/C7H8S/c1-2-7(8-5-1)6-3-4-6/h1-2,5-6H,3-4H2. The van der Waals surface area contributed by atoms with Crippen LogP contribution in [0.15, 0.2) is 17.5 Å². The summed E-state index contributed by atoms with van der Waals surface area (Å²) < 4.78 is 0. The quantitative estimate of drug-likeness (QED) is 0.540. The van der Waals surface area contributed by atoms with Gasteiger partial charge in [-0.1, -0.05) is 6.07 Å². The van der Waals surface area contributed by atoms with E-state index >= 15 is 0 Å². The fourth-order valence-electron chi connectivity index (χ4n) is 0.891. The molecule has 0 bridgehead atoms. The van der Waals surface area contributed by atoms with Crippen LogP contribution in [0.2, 0.25) is 0 Å². The summed E-state index contributed by atoms with van der Waals surface area (Å²) in [6.07, 6.45) is 2.86. The van der Waals surface area contributed by atoms with E-state index in [0.717, 1.165) is 5.92 Å². The molecule has 1 aliphatic rings. The fraction of sp³-hybridized carbons (Fsp3) is 0.429. The molecule has 8 heavy (non-hydrogen) atoms. The van der Waals surface area contributed by atoms with E-state index in [1.54, 1.807) is 4.88 Å². The van der Waals surface area contributed by atoms with Crippen LogP contribution in [-0.2, 0) is 0 Å². The highest BCUT2D eigenvalue weighted by atomic mass is 32.1. The highest BCUT2D eigenvalue weighted by molar-refractivity contribution is 7.10. The number of hydrogen-bond donors (Lipinski definition) is 0. The number of rotatable bonds is 1. The molecule has 0 saturated heterocycles. The maximum atomic E-state index is 2.24. The van der Waals surface area contributed by atoms with Crippen LogP contribution >= 0.6 is 11.3 Å². The minimum Gasteiger partial charge on any atom is -0.149 e. The van der Waals surface area contributed by atoms with E-state index in [1.165, 1.54) is 12.8 Å². The predicted molar refractivity (Wildman–Crippen MR) is 36.3 cm³/mol. The monoisotopic (exact) mass is 124 g/mol. The first-order valence-electron chi connectivity index (χ1n) is 3.00. The highest BCUT2D eigenvalue weighted by Crippen LogP contribution is 2.41. The van der Waals surface area contributed by atoms with Crippen LogP contribution in [0.5, 0.6) is 0 Å². The molecule has 1 aliphatic carbocycles. The topological polar surface area (TPSA) is 0 Å². The van der Waals surface area contributed by atoms with Crippen molar-refractivity contribution in [1.29, 1.82) is 0 Å². The second kappa shape index (κ2) is 1.59. The summed E-state index contributed by atoms with van der Waals surface area (Å²) in [6.45, 7) is 0. The Balaban J connectivity index is 2.28. The van der Waals surface area contributed by atoms with Gasteiger partial charge in [0.15, 0.2) is 0 Å². The molecule has 0 N–H and O–H groups in total. The third-order valence-electron chi connectivity index (χ3n) is 1.52. The predicted octanol–water partition coefficient (Wildman–Crippen LogP) is 2.63. The molecule has 0 nitrogen and oxygen atoms in total. The lowest BCUT2D eigenvalue weighted by atomic mass is 10.3. The molecule has 1 aromatic heterocycles.